The molecular weight excluding hydrogens is 288 g/mol. The fraction of sp³-hybridized carbons (Fsp3) is 0.526. The van der Waals surface area contributed by atoms with E-state index >= 15 is 0 Å². The van der Waals surface area contributed by atoms with Crippen LogP contribution < -0.4 is 5.32 Å². The maximum Gasteiger partial charge on any atom is 0.216 e. The van der Waals surface area contributed by atoms with Gasteiger partial charge in [-0.15, -0.1) is 0 Å². The number of benzene rings is 1. The first-order valence-electron chi connectivity index (χ1n) is 8.28. The SMILES string of the molecule is CC(=O)NCCO.CCC1=C(CCN(C)C)Cc2ccccc21. The Kier molecular flexibility index (Phi) is 8.59. The molecule has 4 heteroatoms. The minimum Gasteiger partial charge on any atom is -0.395 e. The van der Waals surface area contributed by atoms with Gasteiger partial charge in [0.2, 0.25) is 5.91 Å². The number of carbonyl (C=O) groups excluding carboxylic acids is 1. The largest absolute Gasteiger partial charge is 0.395 e. The molecule has 1 aliphatic rings. The lowest BCUT2D eigenvalue weighted by Crippen LogP contribution is -2.22. The van der Waals surface area contributed by atoms with Gasteiger partial charge in [-0.25, -0.2) is 0 Å². The summed E-state index contributed by atoms with van der Waals surface area (Å²) < 4.78 is 0. The molecule has 0 heterocycles. The second-order valence-electron chi connectivity index (χ2n) is 6.03. The van der Waals surface area contributed by atoms with Gasteiger partial charge in [0.05, 0.1) is 6.61 Å². The van der Waals surface area contributed by atoms with Crippen LogP contribution in [0.3, 0.4) is 0 Å². The van der Waals surface area contributed by atoms with Crippen LogP contribution in [-0.2, 0) is 11.2 Å². The van der Waals surface area contributed by atoms with E-state index in [1.807, 2.05) is 0 Å². The predicted molar refractivity (Wildman–Crippen MR) is 96.3 cm³/mol. The van der Waals surface area contributed by atoms with Crippen LogP contribution in [0.15, 0.2) is 29.8 Å². The van der Waals surface area contributed by atoms with E-state index in [2.05, 4.69) is 55.5 Å². The maximum absolute atomic E-state index is 9.98. The molecule has 4 nitrogen and oxygen atoms in total. The minimum atomic E-state index is -0.103. The van der Waals surface area contributed by atoms with Crippen LogP contribution in [0.1, 0.15) is 37.8 Å². The molecule has 23 heavy (non-hydrogen) atoms. The zero-order chi connectivity index (χ0) is 17.2. The average molecular weight is 318 g/mol. The van der Waals surface area contributed by atoms with Crippen molar-refractivity contribution in [3.05, 3.63) is 41.0 Å². The first-order valence-corrected chi connectivity index (χ1v) is 8.28. The quantitative estimate of drug-likeness (QED) is 0.847. The Morgan fingerprint density at radius 1 is 1.30 bits per heavy atom. The number of rotatable bonds is 6. The predicted octanol–water partition coefficient (Wildman–Crippen LogP) is 2.47. The van der Waals surface area contributed by atoms with Crippen molar-refractivity contribution in [3.63, 3.8) is 0 Å². The topological polar surface area (TPSA) is 52.6 Å². The second kappa shape index (κ2) is 10.2. The number of carbonyl (C=O) groups is 1. The fourth-order valence-corrected chi connectivity index (χ4v) is 2.77. The molecule has 0 aliphatic heterocycles. The number of aliphatic hydroxyl groups is 1. The minimum absolute atomic E-state index is 0.0135. The summed E-state index contributed by atoms with van der Waals surface area (Å²) in [5.74, 6) is -0.103. The van der Waals surface area contributed by atoms with E-state index in [1.54, 1.807) is 11.1 Å². The van der Waals surface area contributed by atoms with Crippen LogP contribution in [0, 0.1) is 0 Å². The first kappa shape index (κ1) is 19.4. The van der Waals surface area contributed by atoms with Crippen molar-refractivity contribution in [1.29, 1.82) is 0 Å². The van der Waals surface area contributed by atoms with E-state index < -0.39 is 0 Å². The number of nitrogens with one attached hydrogen (secondary N) is 1. The standard InChI is InChI=1S/C15H21N.C4H9NO2/c1-4-14-13(9-10-16(2)3)11-12-7-5-6-8-15(12)14;1-4(7)5-2-3-6/h5-8H,4,9-11H2,1-3H3;6H,2-3H2,1H3,(H,5,7). The summed E-state index contributed by atoms with van der Waals surface area (Å²) in [6.07, 6.45) is 3.55. The molecule has 1 amide bonds. The number of hydrogen-bond donors (Lipinski definition) is 2. The van der Waals surface area contributed by atoms with Crippen molar-refractivity contribution in [2.45, 2.75) is 33.1 Å². The van der Waals surface area contributed by atoms with Crippen molar-refractivity contribution < 1.29 is 9.90 Å². The molecule has 1 aromatic carbocycles. The summed E-state index contributed by atoms with van der Waals surface area (Å²) in [4.78, 5) is 12.2. The molecule has 0 unspecified atom stereocenters. The molecule has 0 radical (unpaired) electrons. The van der Waals surface area contributed by atoms with Gasteiger partial charge in [-0.2, -0.15) is 0 Å². The highest BCUT2D eigenvalue weighted by Gasteiger charge is 2.19. The van der Waals surface area contributed by atoms with Crippen LogP contribution in [0.5, 0.6) is 0 Å². The van der Waals surface area contributed by atoms with Crippen molar-refractivity contribution in [2.75, 3.05) is 33.8 Å². The van der Waals surface area contributed by atoms with Crippen molar-refractivity contribution in [2.24, 2.45) is 0 Å². The molecule has 2 N–H and O–H groups in total. The molecule has 0 saturated carbocycles. The third-order valence-electron chi connectivity index (χ3n) is 3.87. The summed E-state index contributed by atoms with van der Waals surface area (Å²) in [7, 11) is 4.29. The van der Waals surface area contributed by atoms with Gasteiger partial charge < -0.3 is 15.3 Å². The van der Waals surface area contributed by atoms with E-state index in [4.69, 9.17) is 5.11 Å². The number of fused-ring (bicyclic) bond motifs is 1. The Morgan fingerprint density at radius 3 is 2.52 bits per heavy atom. The van der Waals surface area contributed by atoms with Crippen LogP contribution in [-0.4, -0.2) is 49.7 Å². The van der Waals surface area contributed by atoms with E-state index in [1.165, 1.54) is 37.3 Å². The van der Waals surface area contributed by atoms with Crippen LogP contribution in [0.4, 0.5) is 0 Å². The van der Waals surface area contributed by atoms with Gasteiger partial charge in [-0.1, -0.05) is 36.8 Å². The summed E-state index contributed by atoms with van der Waals surface area (Å²) in [6.45, 7) is 5.21. The van der Waals surface area contributed by atoms with Gasteiger partial charge in [0.25, 0.3) is 0 Å². The summed E-state index contributed by atoms with van der Waals surface area (Å²) >= 11 is 0. The molecule has 0 fully saturated rings. The van der Waals surface area contributed by atoms with Gasteiger partial charge in [0.15, 0.2) is 0 Å². The molecular formula is C19H30N2O2. The Bertz CT molecular complexity index is 536. The van der Waals surface area contributed by atoms with Gasteiger partial charge in [0, 0.05) is 20.0 Å². The zero-order valence-corrected chi connectivity index (χ0v) is 14.9. The highest BCUT2D eigenvalue weighted by molar-refractivity contribution is 5.76. The van der Waals surface area contributed by atoms with Crippen molar-refractivity contribution in [1.82, 2.24) is 10.2 Å². The van der Waals surface area contributed by atoms with E-state index in [0.717, 1.165) is 6.54 Å². The summed E-state index contributed by atoms with van der Waals surface area (Å²) in [5.41, 5.74) is 6.27. The third-order valence-corrected chi connectivity index (χ3v) is 3.87. The Hall–Kier alpha value is -1.65. The molecule has 1 aromatic rings. The zero-order valence-electron chi connectivity index (χ0n) is 14.9. The smallest absolute Gasteiger partial charge is 0.216 e. The molecule has 0 spiro atoms. The highest BCUT2D eigenvalue weighted by Crippen LogP contribution is 2.36. The average Bonchev–Trinajstić information content (AvgIpc) is 2.89. The molecule has 0 saturated heterocycles. The monoisotopic (exact) mass is 318 g/mol. The lowest BCUT2D eigenvalue weighted by molar-refractivity contribution is -0.119. The molecule has 1 aliphatic carbocycles. The number of allylic oxidation sites excluding steroid dienone is 1. The lowest BCUT2D eigenvalue weighted by Gasteiger charge is -2.11. The van der Waals surface area contributed by atoms with Gasteiger partial charge in [-0.3, -0.25) is 4.79 Å². The summed E-state index contributed by atoms with van der Waals surface area (Å²) in [5, 5.41) is 10.5. The Labute approximate surface area is 140 Å². The van der Waals surface area contributed by atoms with Gasteiger partial charge in [0.1, 0.15) is 0 Å². The Balaban J connectivity index is 0.000000322. The van der Waals surface area contributed by atoms with Gasteiger partial charge in [-0.05, 0) is 50.1 Å². The van der Waals surface area contributed by atoms with E-state index in [-0.39, 0.29) is 12.5 Å². The second-order valence-corrected chi connectivity index (χ2v) is 6.03. The van der Waals surface area contributed by atoms with Crippen LogP contribution in [0.2, 0.25) is 0 Å². The van der Waals surface area contributed by atoms with E-state index in [9.17, 15) is 4.79 Å². The van der Waals surface area contributed by atoms with E-state index in [0.29, 0.717) is 6.54 Å². The number of hydrogen-bond acceptors (Lipinski definition) is 3. The number of aliphatic hydroxyl groups excluding tert-OH is 1. The van der Waals surface area contributed by atoms with Crippen molar-refractivity contribution in [3.8, 4) is 0 Å². The maximum atomic E-state index is 9.98. The fourth-order valence-electron chi connectivity index (χ4n) is 2.77. The molecule has 0 bridgehead atoms. The lowest BCUT2D eigenvalue weighted by atomic mass is 10.0. The Morgan fingerprint density at radius 2 is 2.00 bits per heavy atom. The first-order chi connectivity index (χ1) is 11.0. The van der Waals surface area contributed by atoms with Crippen LogP contribution in [0.25, 0.3) is 5.57 Å². The number of amides is 1. The molecule has 0 aromatic heterocycles. The van der Waals surface area contributed by atoms with Gasteiger partial charge >= 0.3 is 0 Å². The highest BCUT2D eigenvalue weighted by atomic mass is 16.3. The summed E-state index contributed by atoms with van der Waals surface area (Å²) in [6, 6.07) is 8.86. The molecule has 0 atom stereocenters. The van der Waals surface area contributed by atoms with Crippen LogP contribution >= 0.6 is 0 Å². The normalized spacial score (nSPS) is 12.8. The van der Waals surface area contributed by atoms with Crippen molar-refractivity contribution >= 4 is 11.5 Å². The molecule has 128 valence electrons. The molecule has 2 rings (SSSR count). The third kappa shape index (κ3) is 6.55. The number of nitrogens with zero attached hydrogens (tertiary/aromatic N) is 1.